The van der Waals surface area contributed by atoms with Crippen LogP contribution in [0.4, 0.5) is 0 Å². The second-order valence-corrected chi connectivity index (χ2v) is 8.46. The fourth-order valence-electron chi connectivity index (χ4n) is 2.18. The Hall–Kier alpha value is -2.09. The van der Waals surface area contributed by atoms with Gasteiger partial charge in [-0.25, -0.2) is 8.42 Å². The van der Waals surface area contributed by atoms with Gasteiger partial charge in [-0.3, -0.25) is 9.79 Å². The van der Waals surface area contributed by atoms with Crippen LogP contribution in [0.25, 0.3) is 0 Å². The monoisotopic (exact) mass is 382 g/mol. The number of hydrogen-bond donors (Lipinski definition) is 3. The van der Waals surface area contributed by atoms with E-state index in [0.717, 1.165) is 6.54 Å². The third kappa shape index (κ3) is 10.0. The maximum absolute atomic E-state index is 11.9. The Kier molecular flexibility index (Phi) is 9.72. The van der Waals surface area contributed by atoms with Crippen molar-refractivity contribution in [1.29, 1.82) is 0 Å². The first-order chi connectivity index (χ1) is 12.3. The molecule has 8 heteroatoms. The van der Waals surface area contributed by atoms with Gasteiger partial charge in [-0.2, -0.15) is 0 Å². The number of amides is 1. The average Bonchev–Trinajstić information content (AvgIpc) is 2.60. The van der Waals surface area contributed by atoms with Crippen molar-refractivity contribution in [2.24, 2.45) is 4.99 Å². The van der Waals surface area contributed by atoms with Gasteiger partial charge in [-0.1, -0.05) is 18.2 Å². The summed E-state index contributed by atoms with van der Waals surface area (Å²) in [5.41, 5.74) is 0.644. The van der Waals surface area contributed by atoms with E-state index in [1.165, 1.54) is 6.26 Å². The van der Waals surface area contributed by atoms with E-state index in [4.69, 9.17) is 0 Å². The highest BCUT2D eigenvalue weighted by atomic mass is 32.2. The molecule has 1 unspecified atom stereocenters. The van der Waals surface area contributed by atoms with E-state index in [0.29, 0.717) is 37.5 Å². The molecule has 1 aromatic carbocycles. The summed E-state index contributed by atoms with van der Waals surface area (Å²) < 4.78 is 22.5. The van der Waals surface area contributed by atoms with E-state index in [2.05, 4.69) is 20.9 Å². The zero-order chi connectivity index (χ0) is 19.4. The molecule has 0 aliphatic rings. The highest BCUT2D eigenvalue weighted by molar-refractivity contribution is 7.90. The van der Waals surface area contributed by atoms with Gasteiger partial charge < -0.3 is 16.0 Å². The van der Waals surface area contributed by atoms with Crippen molar-refractivity contribution in [1.82, 2.24) is 16.0 Å². The minimum Gasteiger partial charge on any atom is -0.357 e. The Bertz CT molecular complexity index is 675. The molecule has 0 heterocycles. The topological polar surface area (TPSA) is 99.7 Å². The molecule has 0 radical (unpaired) electrons. The summed E-state index contributed by atoms with van der Waals surface area (Å²) in [4.78, 5) is 16.4. The second-order valence-electron chi connectivity index (χ2n) is 6.20. The molecule has 0 saturated carbocycles. The first-order valence-corrected chi connectivity index (χ1v) is 10.9. The highest BCUT2D eigenvalue weighted by Crippen LogP contribution is 1.98. The molecule has 1 amide bonds. The van der Waals surface area contributed by atoms with Crippen LogP contribution in [-0.2, 0) is 9.84 Å². The van der Waals surface area contributed by atoms with Crippen LogP contribution in [-0.4, -0.2) is 58.0 Å². The van der Waals surface area contributed by atoms with E-state index in [1.807, 2.05) is 32.0 Å². The van der Waals surface area contributed by atoms with Crippen molar-refractivity contribution in [2.75, 3.05) is 31.6 Å². The molecular formula is C18H30N4O3S. The normalized spacial score (nSPS) is 13.1. The summed E-state index contributed by atoms with van der Waals surface area (Å²) in [5.74, 6) is 0.711. The van der Waals surface area contributed by atoms with E-state index in [9.17, 15) is 13.2 Å². The van der Waals surface area contributed by atoms with Gasteiger partial charge in [0.05, 0.1) is 5.75 Å². The number of nitrogens with zero attached hydrogens (tertiary/aromatic N) is 1. The lowest BCUT2D eigenvalue weighted by Crippen LogP contribution is -2.43. The smallest absolute Gasteiger partial charge is 0.251 e. The van der Waals surface area contributed by atoms with Crippen LogP contribution in [0.3, 0.4) is 0 Å². The Labute approximate surface area is 156 Å². The number of benzene rings is 1. The van der Waals surface area contributed by atoms with Crippen molar-refractivity contribution in [3.05, 3.63) is 35.9 Å². The molecule has 0 aliphatic heterocycles. The van der Waals surface area contributed by atoms with Crippen LogP contribution < -0.4 is 16.0 Å². The Morgan fingerprint density at radius 2 is 1.88 bits per heavy atom. The van der Waals surface area contributed by atoms with Gasteiger partial charge in [0.15, 0.2) is 5.96 Å². The Morgan fingerprint density at radius 3 is 2.50 bits per heavy atom. The Balaban J connectivity index is 2.35. The van der Waals surface area contributed by atoms with Crippen molar-refractivity contribution < 1.29 is 13.2 Å². The lowest BCUT2D eigenvalue weighted by Gasteiger charge is -2.17. The van der Waals surface area contributed by atoms with Crippen LogP contribution in [0.5, 0.6) is 0 Å². The lowest BCUT2D eigenvalue weighted by atomic mass is 10.2. The Morgan fingerprint density at radius 1 is 1.19 bits per heavy atom. The van der Waals surface area contributed by atoms with Gasteiger partial charge in [0.2, 0.25) is 0 Å². The van der Waals surface area contributed by atoms with E-state index >= 15 is 0 Å². The van der Waals surface area contributed by atoms with Crippen LogP contribution in [0.2, 0.25) is 0 Å². The molecule has 1 atom stereocenters. The highest BCUT2D eigenvalue weighted by Gasteiger charge is 2.09. The molecule has 0 aromatic heterocycles. The predicted octanol–water partition coefficient (Wildman–Crippen LogP) is 1.18. The van der Waals surface area contributed by atoms with Crippen LogP contribution in [0.15, 0.2) is 35.3 Å². The zero-order valence-corrected chi connectivity index (χ0v) is 16.6. The van der Waals surface area contributed by atoms with Crippen molar-refractivity contribution >= 4 is 21.7 Å². The van der Waals surface area contributed by atoms with Gasteiger partial charge in [-0.15, -0.1) is 0 Å². The maximum atomic E-state index is 11.9. The fourth-order valence-corrected chi connectivity index (χ4v) is 2.96. The van der Waals surface area contributed by atoms with E-state index < -0.39 is 9.84 Å². The van der Waals surface area contributed by atoms with Crippen LogP contribution in [0, 0.1) is 0 Å². The SMILES string of the molecule is CCNC(=NCCCNC(=O)c1ccccc1)NC(C)CCS(C)(=O)=O. The molecule has 1 rings (SSSR count). The first-order valence-electron chi connectivity index (χ1n) is 8.87. The number of rotatable bonds is 10. The molecule has 146 valence electrons. The standard InChI is InChI=1S/C18H30N4O3S/c1-4-19-18(22-15(2)11-14-26(3,24)25)21-13-8-12-20-17(23)16-9-6-5-7-10-16/h5-7,9-10,15H,4,8,11-14H2,1-3H3,(H,20,23)(H2,19,21,22). The molecule has 1 aromatic rings. The second kappa shape index (κ2) is 11.5. The molecule has 0 saturated heterocycles. The molecule has 0 fully saturated rings. The summed E-state index contributed by atoms with van der Waals surface area (Å²) >= 11 is 0. The van der Waals surface area contributed by atoms with Gasteiger partial charge in [-0.05, 0) is 38.8 Å². The molecule has 0 bridgehead atoms. The number of aliphatic imine (C=N–C) groups is 1. The fraction of sp³-hybridized carbons (Fsp3) is 0.556. The predicted molar refractivity (Wildman–Crippen MR) is 106 cm³/mol. The van der Waals surface area contributed by atoms with Crippen molar-refractivity contribution in [3.63, 3.8) is 0 Å². The largest absolute Gasteiger partial charge is 0.357 e. The number of carbonyl (C=O) groups excluding carboxylic acids is 1. The first kappa shape index (κ1) is 22.0. The average molecular weight is 383 g/mol. The van der Waals surface area contributed by atoms with E-state index in [-0.39, 0.29) is 17.7 Å². The molecule has 3 N–H and O–H groups in total. The summed E-state index contributed by atoms with van der Waals surface area (Å²) in [6.45, 7) is 5.72. The molecule has 26 heavy (non-hydrogen) atoms. The summed E-state index contributed by atoms with van der Waals surface area (Å²) in [7, 11) is -2.96. The summed E-state index contributed by atoms with van der Waals surface area (Å²) in [5, 5.41) is 9.21. The zero-order valence-electron chi connectivity index (χ0n) is 15.8. The number of hydrogen-bond acceptors (Lipinski definition) is 4. The number of guanidine groups is 1. The van der Waals surface area contributed by atoms with Crippen LogP contribution >= 0.6 is 0 Å². The lowest BCUT2D eigenvalue weighted by molar-refractivity contribution is 0.0953. The van der Waals surface area contributed by atoms with Crippen molar-refractivity contribution in [2.45, 2.75) is 32.7 Å². The van der Waals surface area contributed by atoms with E-state index in [1.54, 1.807) is 12.1 Å². The number of sulfone groups is 1. The minimum atomic E-state index is -2.96. The summed E-state index contributed by atoms with van der Waals surface area (Å²) in [6, 6.07) is 9.09. The summed E-state index contributed by atoms with van der Waals surface area (Å²) in [6.07, 6.45) is 2.48. The van der Waals surface area contributed by atoms with Gasteiger partial charge >= 0.3 is 0 Å². The van der Waals surface area contributed by atoms with Gasteiger partial charge in [0.1, 0.15) is 9.84 Å². The third-order valence-corrected chi connectivity index (χ3v) is 4.55. The van der Waals surface area contributed by atoms with Crippen LogP contribution in [0.1, 0.15) is 37.0 Å². The number of nitrogens with one attached hydrogen (secondary N) is 3. The maximum Gasteiger partial charge on any atom is 0.251 e. The molecule has 7 nitrogen and oxygen atoms in total. The third-order valence-electron chi connectivity index (χ3n) is 3.58. The quantitative estimate of drug-likeness (QED) is 0.321. The molecular weight excluding hydrogens is 352 g/mol. The van der Waals surface area contributed by atoms with Gasteiger partial charge in [0.25, 0.3) is 5.91 Å². The van der Waals surface area contributed by atoms with Gasteiger partial charge in [0, 0.05) is 37.5 Å². The minimum absolute atomic E-state index is 0.000286. The number of carbonyl (C=O) groups is 1. The molecule has 0 aliphatic carbocycles. The van der Waals surface area contributed by atoms with Crippen molar-refractivity contribution in [3.8, 4) is 0 Å². The molecule has 0 spiro atoms.